The number of nitrogens with zero attached hydrogens (tertiary/aromatic N) is 4. The van der Waals surface area contributed by atoms with Crippen LogP contribution in [-0.2, 0) is 11.3 Å². The van der Waals surface area contributed by atoms with E-state index in [1.54, 1.807) is 34.6 Å². The summed E-state index contributed by atoms with van der Waals surface area (Å²) in [7, 11) is 1.80. The Morgan fingerprint density at radius 1 is 1.23 bits per heavy atom. The first-order valence-electron chi connectivity index (χ1n) is 7.86. The Morgan fingerprint density at radius 2 is 2.12 bits per heavy atom. The van der Waals surface area contributed by atoms with Crippen molar-refractivity contribution in [2.75, 3.05) is 12.8 Å². The molecule has 0 bridgehead atoms. The lowest BCUT2D eigenvalue weighted by molar-refractivity contribution is -0.127. The van der Waals surface area contributed by atoms with Crippen LogP contribution >= 0.6 is 34.4 Å². The van der Waals surface area contributed by atoms with Crippen molar-refractivity contribution in [1.82, 2.24) is 25.1 Å². The molecule has 1 aromatic carbocycles. The molecule has 3 aromatic heterocycles. The number of para-hydroxylation sites is 1. The number of thiophene rings is 1. The molecular weight excluding hydrogens is 386 g/mol. The third-order valence-corrected chi connectivity index (χ3v) is 6.41. The van der Waals surface area contributed by atoms with Crippen molar-refractivity contribution in [3.05, 3.63) is 46.8 Å². The molecule has 3 heterocycles. The lowest BCUT2D eigenvalue weighted by Gasteiger charge is -2.14. The third-order valence-electron chi connectivity index (χ3n) is 3.68. The zero-order valence-corrected chi connectivity index (χ0v) is 16.3. The lowest BCUT2D eigenvalue weighted by Crippen LogP contribution is -2.27. The zero-order valence-electron chi connectivity index (χ0n) is 13.9. The van der Waals surface area contributed by atoms with Gasteiger partial charge in [-0.1, -0.05) is 30.0 Å². The first-order valence-corrected chi connectivity index (χ1v) is 10.5. The molecule has 4 rings (SSSR count). The Bertz CT molecular complexity index is 991. The zero-order chi connectivity index (χ0) is 17.9. The van der Waals surface area contributed by atoms with Gasteiger partial charge in [0.05, 0.1) is 27.4 Å². The highest BCUT2D eigenvalue weighted by atomic mass is 32.2. The molecule has 0 fully saturated rings. The van der Waals surface area contributed by atoms with E-state index in [0.29, 0.717) is 17.5 Å². The van der Waals surface area contributed by atoms with Crippen molar-refractivity contribution in [2.24, 2.45) is 0 Å². The number of H-pyrrole nitrogens is 1. The van der Waals surface area contributed by atoms with E-state index < -0.39 is 0 Å². The number of amides is 1. The number of rotatable bonds is 6. The molecule has 132 valence electrons. The SMILES string of the molecule is CN(Cc1nc2ccccc2s1)C(=O)CSc1n[nH]c(-c2cccs2)n1. The normalized spacial score (nSPS) is 11.1. The Balaban J connectivity index is 1.34. The van der Waals surface area contributed by atoms with Crippen molar-refractivity contribution in [2.45, 2.75) is 11.7 Å². The van der Waals surface area contributed by atoms with Gasteiger partial charge < -0.3 is 4.90 Å². The predicted molar refractivity (Wildman–Crippen MR) is 107 cm³/mol. The van der Waals surface area contributed by atoms with Crippen LogP contribution < -0.4 is 0 Å². The monoisotopic (exact) mass is 401 g/mol. The molecule has 0 atom stereocenters. The largest absolute Gasteiger partial charge is 0.338 e. The fourth-order valence-electron chi connectivity index (χ4n) is 2.35. The van der Waals surface area contributed by atoms with E-state index in [0.717, 1.165) is 25.9 Å². The van der Waals surface area contributed by atoms with E-state index in [9.17, 15) is 4.79 Å². The van der Waals surface area contributed by atoms with Crippen LogP contribution in [0.3, 0.4) is 0 Å². The van der Waals surface area contributed by atoms with Gasteiger partial charge >= 0.3 is 0 Å². The Labute approximate surface area is 162 Å². The number of nitrogens with one attached hydrogen (secondary N) is 1. The molecule has 4 aromatic rings. The second kappa shape index (κ2) is 7.56. The number of thiazole rings is 1. The minimum absolute atomic E-state index is 0.0247. The Morgan fingerprint density at radius 3 is 2.92 bits per heavy atom. The van der Waals surface area contributed by atoms with Crippen LogP contribution in [-0.4, -0.2) is 43.8 Å². The van der Waals surface area contributed by atoms with Crippen LogP contribution in [0.4, 0.5) is 0 Å². The van der Waals surface area contributed by atoms with Gasteiger partial charge in [-0.25, -0.2) is 9.97 Å². The van der Waals surface area contributed by atoms with E-state index in [4.69, 9.17) is 0 Å². The summed E-state index contributed by atoms with van der Waals surface area (Å²) in [5, 5.41) is 10.6. The summed E-state index contributed by atoms with van der Waals surface area (Å²) in [6, 6.07) is 12.0. The summed E-state index contributed by atoms with van der Waals surface area (Å²) >= 11 is 4.55. The molecular formula is C17H15N5OS3. The molecule has 0 aliphatic rings. The smallest absolute Gasteiger partial charge is 0.233 e. The number of carbonyl (C=O) groups excluding carboxylic acids is 1. The molecule has 6 nitrogen and oxygen atoms in total. The number of thioether (sulfide) groups is 1. The first-order chi connectivity index (χ1) is 12.7. The highest BCUT2D eigenvalue weighted by molar-refractivity contribution is 7.99. The maximum Gasteiger partial charge on any atom is 0.233 e. The van der Waals surface area contributed by atoms with Crippen LogP contribution in [0.2, 0.25) is 0 Å². The molecule has 0 saturated carbocycles. The van der Waals surface area contributed by atoms with Crippen molar-refractivity contribution in [3.63, 3.8) is 0 Å². The topological polar surface area (TPSA) is 74.8 Å². The number of benzene rings is 1. The fraction of sp³-hybridized carbons (Fsp3) is 0.176. The summed E-state index contributed by atoms with van der Waals surface area (Å²) in [6.45, 7) is 0.507. The molecule has 1 amide bonds. The molecule has 0 aliphatic heterocycles. The molecule has 26 heavy (non-hydrogen) atoms. The van der Waals surface area contributed by atoms with Gasteiger partial charge in [0.2, 0.25) is 11.1 Å². The van der Waals surface area contributed by atoms with E-state index >= 15 is 0 Å². The molecule has 0 radical (unpaired) electrons. The van der Waals surface area contributed by atoms with Crippen molar-refractivity contribution in [1.29, 1.82) is 0 Å². The summed E-state index contributed by atoms with van der Waals surface area (Å²) in [5.41, 5.74) is 0.976. The third kappa shape index (κ3) is 3.79. The van der Waals surface area contributed by atoms with Crippen molar-refractivity contribution >= 4 is 50.6 Å². The highest BCUT2D eigenvalue weighted by Crippen LogP contribution is 2.24. The number of carbonyl (C=O) groups is 1. The molecule has 0 spiro atoms. The minimum Gasteiger partial charge on any atom is -0.338 e. The van der Waals surface area contributed by atoms with E-state index in [1.165, 1.54) is 11.8 Å². The average Bonchev–Trinajstić information content (AvgIpc) is 3.38. The number of fused-ring (bicyclic) bond motifs is 1. The standard InChI is InChI=1S/C17H15N5OS3/c1-22(9-14-18-11-5-2-3-6-12(11)26-14)15(23)10-25-17-19-16(20-21-17)13-7-4-8-24-13/h2-8H,9-10H2,1H3,(H,19,20,21). The van der Waals surface area contributed by atoms with Gasteiger partial charge in [-0.2, -0.15) is 0 Å². The number of aromatic nitrogens is 4. The van der Waals surface area contributed by atoms with Gasteiger partial charge in [0, 0.05) is 7.05 Å². The van der Waals surface area contributed by atoms with Crippen LogP contribution in [0.15, 0.2) is 46.9 Å². The van der Waals surface area contributed by atoms with E-state index in [1.807, 2.05) is 41.8 Å². The van der Waals surface area contributed by atoms with E-state index in [-0.39, 0.29) is 5.91 Å². The van der Waals surface area contributed by atoms with Crippen molar-refractivity contribution in [3.8, 4) is 10.7 Å². The molecule has 0 saturated heterocycles. The minimum atomic E-state index is 0.0247. The average molecular weight is 402 g/mol. The fourth-order valence-corrected chi connectivity index (χ4v) is 4.77. The van der Waals surface area contributed by atoms with E-state index in [2.05, 4.69) is 20.2 Å². The predicted octanol–water partition coefficient (Wildman–Crippen LogP) is 3.89. The molecule has 9 heteroatoms. The van der Waals surface area contributed by atoms with Gasteiger partial charge in [-0.15, -0.1) is 27.8 Å². The van der Waals surface area contributed by atoms with Gasteiger partial charge in [0.1, 0.15) is 5.01 Å². The Hall–Kier alpha value is -2.23. The second-order valence-corrected chi connectivity index (χ2v) is 8.56. The quantitative estimate of drug-likeness (QED) is 0.496. The maximum atomic E-state index is 12.4. The second-order valence-electron chi connectivity index (χ2n) is 5.56. The summed E-state index contributed by atoms with van der Waals surface area (Å²) in [4.78, 5) is 24.1. The Kier molecular flexibility index (Phi) is 5.00. The first kappa shape index (κ1) is 17.2. The molecule has 0 unspecified atom stereocenters. The summed E-state index contributed by atoms with van der Waals surface area (Å²) in [6.07, 6.45) is 0. The maximum absolute atomic E-state index is 12.4. The highest BCUT2D eigenvalue weighted by Gasteiger charge is 2.14. The van der Waals surface area contributed by atoms with Gasteiger partial charge in [-0.3, -0.25) is 9.89 Å². The van der Waals surface area contributed by atoms with Crippen LogP contribution in [0.1, 0.15) is 5.01 Å². The summed E-state index contributed by atoms with van der Waals surface area (Å²) in [5.74, 6) is 1.05. The van der Waals surface area contributed by atoms with Gasteiger partial charge in [0.25, 0.3) is 0 Å². The summed E-state index contributed by atoms with van der Waals surface area (Å²) < 4.78 is 1.14. The van der Waals surface area contributed by atoms with Crippen molar-refractivity contribution < 1.29 is 4.79 Å². The number of hydrogen-bond donors (Lipinski definition) is 1. The number of aromatic amines is 1. The van der Waals surface area contributed by atoms with Crippen LogP contribution in [0.25, 0.3) is 20.9 Å². The van der Waals surface area contributed by atoms with Crippen LogP contribution in [0.5, 0.6) is 0 Å². The van der Waals surface area contributed by atoms with Gasteiger partial charge in [-0.05, 0) is 23.6 Å². The lowest BCUT2D eigenvalue weighted by atomic mass is 10.3. The van der Waals surface area contributed by atoms with Gasteiger partial charge in [0.15, 0.2) is 5.82 Å². The van der Waals surface area contributed by atoms with Crippen LogP contribution in [0, 0.1) is 0 Å². The molecule has 0 aliphatic carbocycles. The molecule has 1 N–H and O–H groups in total. The number of hydrogen-bond acceptors (Lipinski definition) is 7.